The Labute approximate surface area is 117 Å². The maximum absolute atomic E-state index is 11.2. The first kappa shape index (κ1) is 14.5. The third-order valence-corrected chi connectivity index (χ3v) is 3.76. The molecule has 0 aromatic heterocycles. The lowest BCUT2D eigenvalue weighted by atomic mass is 10.0. The summed E-state index contributed by atoms with van der Waals surface area (Å²) in [5.41, 5.74) is -0.0983. The highest BCUT2D eigenvalue weighted by Crippen LogP contribution is 2.25. The number of carboxylic acids is 1. The van der Waals surface area contributed by atoms with Gasteiger partial charge in [0.1, 0.15) is 5.56 Å². The van der Waals surface area contributed by atoms with Gasteiger partial charge in [0.15, 0.2) is 0 Å². The van der Waals surface area contributed by atoms with Crippen LogP contribution >= 0.6 is 0 Å². The number of nitro groups is 1. The van der Waals surface area contributed by atoms with Crippen LogP contribution in [0.3, 0.4) is 0 Å². The molecule has 1 aliphatic carbocycles. The lowest BCUT2D eigenvalue weighted by Gasteiger charge is -2.12. The Bertz CT molecular complexity index is 510. The van der Waals surface area contributed by atoms with E-state index in [1.807, 2.05) is 0 Å². The molecule has 2 N–H and O–H groups in total. The predicted octanol–water partition coefficient (Wildman–Crippen LogP) is 2.57. The predicted molar refractivity (Wildman–Crippen MR) is 73.7 cm³/mol. The van der Waals surface area contributed by atoms with Crippen LogP contribution in [0.2, 0.25) is 0 Å². The second-order valence-corrected chi connectivity index (χ2v) is 5.15. The summed E-state index contributed by atoms with van der Waals surface area (Å²) in [5.74, 6) is -0.614. The van der Waals surface area contributed by atoms with Gasteiger partial charge in [0.05, 0.1) is 4.92 Å². The molecule has 20 heavy (non-hydrogen) atoms. The van der Waals surface area contributed by atoms with Crippen molar-refractivity contribution in [1.82, 2.24) is 5.32 Å². The number of hydrogen-bond acceptors (Lipinski definition) is 4. The number of nitrogens with zero attached hydrogens (tertiary/aromatic N) is 1. The van der Waals surface area contributed by atoms with Gasteiger partial charge in [-0.15, -0.1) is 0 Å². The summed E-state index contributed by atoms with van der Waals surface area (Å²) in [5, 5.41) is 23.3. The molecule has 1 fully saturated rings. The van der Waals surface area contributed by atoms with Crippen molar-refractivity contribution in [3.8, 4) is 0 Å². The van der Waals surface area contributed by atoms with E-state index in [9.17, 15) is 20.0 Å². The Morgan fingerprint density at radius 2 is 2.10 bits per heavy atom. The molecule has 1 saturated carbocycles. The van der Waals surface area contributed by atoms with Crippen molar-refractivity contribution >= 4 is 11.7 Å². The van der Waals surface area contributed by atoms with Crippen molar-refractivity contribution in [3.05, 3.63) is 39.4 Å². The summed E-state index contributed by atoms with van der Waals surface area (Å²) in [6.45, 7) is 1.18. The lowest BCUT2D eigenvalue weighted by molar-refractivity contribution is -0.385. The SMILES string of the molecule is O=C(O)c1c(CNCC2CCCC2)cccc1[N+](=O)[O-]. The van der Waals surface area contributed by atoms with Crippen LogP contribution in [0.25, 0.3) is 0 Å². The summed E-state index contributed by atoms with van der Waals surface area (Å²) in [7, 11) is 0. The first-order chi connectivity index (χ1) is 9.59. The Morgan fingerprint density at radius 3 is 2.70 bits per heavy atom. The van der Waals surface area contributed by atoms with Crippen molar-refractivity contribution in [2.45, 2.75) is 32.2 Å². The highest BCUT2D eigenvalue weighted by atomic mass is 16.6. The molecule has 1 aromatic carbocycles. The molecule has 0 radical (unpaired) electrons. The van der Waals surface area contributed by atoms with Crippen LogP contribution < -0.4 is 5.32 Å². The second-order valence-electron chi connectivity index (χ2n) is 5.15. The number of carboxylic acid groups (broad SMARTS) is 1. The highest BCUT2D eigenvalue weighted by Gasteiger charge is 2.23. The summed E-state index contributed by atoms with van der Waals surface area (Å²) in [6, 6.07) is 4.37. The molecule has 1 aliphatic rings. The average Bonchev–Trinajstić information content (AvgIpc) is 2.91. The Morgan fingerprint density at radius 1 is 1.40 bits per heavy atom. The highest BCUT2D eigenvalue weighted by molar-refractivity contribution is 5.94. The molecule has 0 amide bonds. The summed E-state index contributed by atoms with van der Waals surface area (Å²) >= 11 is 0. The van der Waals surface area contributed by atoms with E-state index >= 15 is 0 Å². The van der Waals surface area contributed by atoms with Gasteiger partial charge in [-0.1, -0.05) is 25.0 Å². The molecule has 1 aromatic rings. The van der Waals surface area contributed by atoms with Crippen molar-refractivity contribution in [2.24, 2.45) is 5.92 Å². The molecule has 0 saturated heterocycles. The van der Waals surface area contributed by atoms with Crippen molar-refractivity contribution < 1.29 is 14.8 Å². The maximum atomic E-state index is 11.2. The van der Waals surface area contributed by atoms with Crippen LogP contribution in [0.15, 0.2) is 18.2 Å². The minimum Gasteiger partial charge on any atom is -0.477 e. The quantitative estimate of drug-likeness (QED) is 0.616. The summed E-state index contributed by atoms with van der Waals surface area (Å²) in [4.78, 5) is 21.5. The topological polar surface area (TPSA) is 92.5 Å². The van der Waals surface area contributed by atoms with Gasteiger partial charge in [0.2, 0.25) is 0 Å². The van der Waals surface area contributed by atoms with E-state index in [1.165, 1.54) is 37.8 Å². The van der Waals surface area contributed by atoms with E-state index in [0.717, 1.165) is 6.54 Å². The van der Waals surface area contributed by atoms with Gasteiger partial charge in [-0.25, -0.2) is 4.79 Å². The summed E-state index contributed by atoms with van der Waals surface area (Å²) in [6.07, 6.45) is 4.91. The fourth-order valence-corrected chi connectivity index (χ4v) is 2.76. The second kappa shape index (κ2) is 6.47. The van der Waals surface area contributed by atoms with E-state index in [1.54, 1.807) is 6.07 Å². The molecule has 0 atom stereocenters. The number of benzene rings is 1. The molecule has 6 nitrogen and oxygen atoms in total. The molecule has 6 heteroatoms. The van der Waals surface area contributed by atoms with Gasteiger partial charge in [0, 0.05) is 12.6 Å². The number of carbonyl (C=O) groups is 1. The third kappa shape index (κ3) is 3.33. The van der Waals surface area contributed by atoms with Crippen molar-refractivity contribution in [1.29, 1.82) is 0 Å². The molecule has 0 aliphatic heterocycles. The van der Waals surface area contributed by atoms with E-state index < -0.39 is 10.9 Å². The smallest absolute Gasteiger partial charge is 0.343 e. The lowest BCUT2D eigenvalue weighted by Crippen LogP contribution is -2.22. The Kier molecular flexibility index (Phi) is 4.68. The van der Waals surface area contributed by atoms with Crippen LogP contribution in [0, 0.1) is 16.0 Å². The van der Waals surface area contributed by atoms with E-state index in [4.69, 9.17) is 0 Å². The van der Waals surface area contributed by atoms with Crippen LogP contribution in [-0.4, -0.2) is 22.5 Å². The van der Waals surface area contributed by atoms with Gasteiger partial charge >= 0.3 is 5.97 Å². The van der Waals surface area contributed by atoms with Gasteiger partial charge in [-0.3, -0.25) is 10.1 Å². The Hall–Kier alpha value is -1.95. The van der Waals surface area contributed by atoms with Crippen molar-refractivity contribution in [3.63, 3.8) is 0 Å². The standard InChI is InChI=1S/C14H18N2O4/c17-14(18)13-11(6-3-7-12(13)16(19)20)9-15-8-10-4-1-2-5-10/h3,6-7,10,15H,1-2,4-5,8-9H2,(H,17,18). The zero-order valence-electron chi connectivity index (χ0n) is 11.2. The van der Waals surface area contributed by atoms with Gasteiger partial charge in [-0.05, 0) is 30.9 Å². The maximum Gasteiger partial charge on any atom is 0.343 e. The van der Waals surface area contributed by atoms with Crippen LogP contribution in [0.4, 0.5) is 5.69 Å². The number of nitro benzene ring substituents is 1. The Balaban J connectivity index is 2.08. The molecule has 2 rings (SSSR count). The first-order valence-electron chi connectivity index (χ1n) is 6.80. The van der Waals surface area contributed by atoms with Crippen LogP contribution in [0.5, 0.6) is 0 Å². The molecule has 0 unspecified atom stereocenters. The number of nitrogens with one attached hydrogen (secondary N) is 1. The molecule has 108 valence electrons. The van der Waals surface area contributed by atoms with Gasteiger partial charge in [-0.2, -0.15) is 0 Å². The monoisotopic (exact) mass is 278 g/mol. The third-order valence-electron chi connectivity index (χ3n) is 3.76. The van der Waals surface area contributed by atoms with E-state index in [0.29, 0.717) is 18.0 Å². The number of aromatic carboxylic acids is 1. The molecule has 0 bridgehead atoms. The minimum atomic E-state index is -1.25. The molecular weight excluding hydrogens is 260 g/mol. The van der Waals surface area contributed by atoms with Crippen molar-refractivity contribution in [2.75, 3.05) is 6.54 Å². The fraction of sp³-hybridized carbons (Fsp3) is 0.500. The van der Waals surface area contributed by atoms with Gasteiger partial charge in [0.25, 0.3) is 5.69 Å². The average molecular weight is 278 g/mol. The minimum absolute atomic E-state index is 0.212. The number of hydrogen-bond donors (Lipinski definition) is 2. The zero-order valence-corrected chi connectivity index (χ0v) is 11.2. The van der Waals surface area contributed by atoms with Crippen LogP contribution in [0.1, 0.15) is 41.6 Å². The van der Waals surface area contributed by atoms with E-state index in [-0.39, 0.29) is 11.3 Å². The number of rotatable bonds is 6. The molecular formula is C14H18N2O4. The summed E-state index contributed by atoms with van der Waals surface area (Å²) < 4.78 is 0. The van der Waals surface area contributed by atoms with Crippen LogP contribution in [-0.2, 0) is 6.54 Å². The zero-order chi connectivity index (χ0) is 14.5. The molecule has 0 heterocycles. The fourth-order valence-electron chi connectivity index (χ4n) is 2.76. The normalized spacial score (nSPS) is 15.4. The molecule has 0 spiro atoms. The first-order valence-corrected chi connectivity index (χ1v) is 6.80. The largest absolute Gasteiger partial charge is 0.477 e. The van der Waals surface area contributed by atoms with E-state index in [2.05, 4.69) is 5.32 Å². The van der Waals surface area contributed by atoms with Gasteiger partial charge < -0.3 is 10.4 Å².